The molecule has 1 saturated carbocycles. The van der Waals surface area contributed by atoms with Crippen LogP contribution in [0.5, 0.6) is 5.75 Å². The number of phenolic OH excluding ortho intramolecular Hbond substituents is 1. The van der Waals surface area contributed by atoms with E-state index in [-0.39, 0.29) is 23.3 Å². The number of anilines is 2. The number of nitriles is 1. The van der Waals surface area contributed by atoms with E-state index in [1.54, 1.807) is 18.2 Å². The Bertz CT molecular complexity index is 831. The molecule has 0 radical (unpaired) electrons. The van der Waals surface area contributed by atoms with Crippen LogP contribution in [0.15, 0.2) is 30.5 Å². The summed E-state index contributed by atoms with van der Waals surface area (Å²) in [5.41, 5.74) is 1.12. The first kappa shape index (κ1) is 18.0. The van der Waals surface area contributed by atoms with Gasteiger partial charge in [-0.05, 0) is 30.5 Å². The van der Waals surface area contributed by atoms with Crippen LogP contribution in [0.2, 0.25) is 0 Å². The van der Waals surface area contributed by atoms with Crippen molar-refractivity contribution >= 4 is 11.8 Å². The van der Waals surface area contributed by atoms with Crippen molar-refractivity contribution in [3.8, 4) is 11.8 Å². The number of aliphatic hydroxyl groups excluding tert-OH is 1. The zero-order valence-corrected chi connectivity index (χ0v) is 14.9. The summed E-state index contributed by atoms with van der Waals surface area (Å²) < 4.78 is 0. The second kappa shape index (κ2) is 7.18. The van der Waals surface area contributed by atoms with Gasteiger partial charge in [0.2, 0.25) is 5.95 Å². The van der Waals surface area contributed by atoms with Crippen molar-refractivity contribution in [2.75, 3.05) is 17.2 Å². The van der Waals surface area contributed by atoms with Crippen LogP contribution in [0.4, 0.5) is 11.8 Å². The Morgan fingerprint density at radius 2 is 2.19 bits per heavy atom. The molecule has 0 spiro atoms. The number of hydrogen-bond acceptors (Lipinski definition) is 7. The van der Waals surface area contributed by atoms with Gasteiger partial charge in [0.1, 0.15) is 23.2 Å². The molecule has 0 unspecified atom stereocenters. The maximum Gasteiger partial charge on any atom is 0.224 e. The van der Waals surface area contributed by atoms with Gasteiger partial charge in [-0.15, -0.1) is 0 Å². The molecule has 0 bridgehead atoms. The van der Waals surface area contributed by atoms with Gasteiger partial charge in [-0.3, -0.25) is 0 Å². The number of nitrogens with zero attached hydrogens (tertiary/aromatic N) is 3. The van der Waals surface area contributed by atoms with Crippen molar-refractivity contribution in [2.24, 2.45) is 5.41 Å². The molecule has 7 nitrogen and oxygen atoms in total. The van der Waals surface area contributed by atoms with Crippen LogP contribution in [0.25, 0.3) is 0 Å². The van der Waals surface area contributed by atoms with Gasteiger partial charge in [0.25, 0.3) is 0 Å². The minimum atomic E-state index is -0.354. The Morgan fingerprint density at radius 3 is 2.85 bits per heavy atom. The third kappa shape index (κ3) is 3.70. The molecular weight excluding hydrogens is 330 g/mol. The zero-order valence-electron chi connectivity index (χ0n) is 14.9. The van der Waals surface area contributed by atoms with Crippen LogP contribution in [-0.4, -0.2) is 38.9 Å². The van der Waals surface area contributed by atoms with E-state index in [4.69, 9.17) is 0 Å². The summed E-state index contributed by atoms with van der Waals surface area (Å²) in [5.74, 6) is 1.16. The quantitative estimate of drug-likeness (QED) is 0.630. The van der Waals surface area contributed by atoms with Gasteiger partial charge < -0.3 is 20.8 Å². The fourth-order valence-electron chi connectivity index (χ4n) is 3.00. The van der Waals surface area contributed by atoms with E-state index in [1.807, 2.05) is 19.9 Å². The smallest absolute Gasteiger partial charge is 0.224 e. The highest BCUT2D eigenvalue weighted by molar-refractivity contribution is 5.54. The molecule has 0 amide bonds. The molecular formula is C19H23N5O2. The predicted molar refractivity (Wildman–Crippen MR) is 98.9 cm³/mol. The Kier molecular flexibility index (Phi) is 4.96. The van der Waals surface area contributed by atoms with Crippen LogP contribution >= 0.6 is 0 Å². The minimum Gasteiger partial charge on any atom is -0.508 e. The minimum absolute atomic E-state index is 0.0552. The molecule has 4 N–H and O–H groups in total. The SMILES string of the molecule is CC1(C)[C@@H](O)C[C@H]1Nc1nc(NCCc2cccc(O)c2)ncc1C#N. The van der Waals surface area contributed by atoms with E-state index in [0.717, 1.165) is 5.56 Å². The molecule has 0 saturated heterocycles. The lowest BCUT2D eigenvalue weighted by Crippen LogP contribution is -2.57. The molecule has 2 aromatic rings. The van der Waals surface area contributed by atoms with E-state index in [2.05, 4.69) is 26.7 Å². The molecule has 1 aliphatic carbocycles. The molecule has 136 valence electrons. The molecule has 1 aromatic heterocycles. The van der Waals surface area contributed by atoms with Gasteiger partial charge in [0, 0.05) is 18.0 Å². The second-order valence-corrected chi connectivity index (χ2v) is 7.18. The fourth-order valence-corrected chi connectivity index (χ4v) is 3.00. The fraction of sp³-hybridized carbons (Fsp3) is 0.421. The van der Waals surface area contributed by atoms with Gasteiger partial charge in [-0.1, -0.05) is 26.0 Å². The highest BCUT2D eigenvalue weighted by Gasteiger charge is 2.47. The monoisotopic (exact) mass is 353 g/mol. The highest BCUT2D eigenvalue weighted by atomic mass is 16.3. The maximum atomic E-state index is 9.88. The summed E-state index contributed by atoms with van der Waals surface area (Å²) in [4.78, 5) is 8.60. The summed E-state index contributed by atoms with van der Waals surface area (Å²) in [6.45, 7) is 4.57. The number of rotatable bonds is 6. The van der Waals surface area contributed by atoms with Crippen molar-refractivity contribution in [1.82, 2.24) is 9.97 Å². The number of aliphatic hydroxyl groups is 1. The van der Waals surface area contributed by atoms with Crippen molar-refractivity contribution in [3.63, 3.8) is 0 Å². The number of phenols is 1. The molecule has 3 rings (SSSR count). The first-order valence-corrected chi connectivity index (χ1v) is 8.63. The van der Waals surface area contributed by atoms with Gasteiger partial charge >= 0.3 is 0 Å². The zero-order chi connectivity index (χ0) is 18.7. The lowest BCUT2D eigenvalue weighted by atomic mass is 9.64. The average molecular weight is 353 g/mol. The number of aromatic hydroxyl groups is 1. The van der Waals surface area contributed by atoms with Crippen LogP contribution in [0.3, 0.4) is 0 Å². The second-order valence-electron chi connectivity index (χ2n) is 7.18. The van der Waals surface area contributed by atoms with Gasteiger partial charge in [-0.25, -0.2) is 4.98 Å². The largest absolute Gasteiger partial charge is 0.508 e. The van der Waals surface area contributed by atoms with Crippen molar-refractivity contribution in [2.45, 2.75) is 38.8 Å². The predicted octanol–water partition coefficient (Wildman–Crippen LogP) is 2.28. The van der Waals surface area contributed by atoms with E-state index in [9.17, 15) is 15.5 Å². The van der Waals surface area contributed by atoms with E-state index >= 15 is 0 Å². The lowest BCUT2D eigenvalue weighted by molar-refractivity contribution is -0.0511. The summed E-state index contributed by atoms with van der Waals surface area (Å²) in [5, 5.41) is 35.1. The molecule has 1 aliphatic rings. The molecule has 26 heavy (non-hydrogen) atoms. The van der Waals surface area contributed by atoms with Crippen molar-refractivity contribution in [1.29, 1.82) is 5.26 Å². The topological polar surface area (TPSA) is 114 Å². The summed E-state index contributed by atoms with van der Waals surface area (Å²) in [6.07, 6.45) is 2.48. The number of nitrogens with one attached hydrogen (secondary N) is 2. The van der Waals surface area contributed by atoms with Crippen LogP contribution in [0, 0.1) is 16.7 Å². The summed E-state index contributed by atoms with van der Waals surface area (Å²) in [6, 6.07) is 9.26. The van der Waals surface area contributed by atoms with E-state index < -0.39 is 0 Å². The molecule has 1 heterocycles. The lowest BCUT2D eigenvalue weighted by Gasteiger charge is -2.49. The Labute approximate surface area is 152 Å². The molecule has 2 atom stereocenters. The van der Waals surface area contributed by atoms with Crippen molar-refractivity contribution < 1.29 is 10.2 Å². The molecule has 0 aliphatic heterocycles. The van der Waals surface area contributed by atoms with E-state index in [0.29, 0.717) is 36.7 Å². The molecule has 7 heteroatoms. The Balaban J connectivity index is 1.65. The summed E-state index contributed by atoms with van der Waals surface area (Å²) >= 11 is 0. The van der Waals surface area contributed by atoms with Crippen LogP contribution < -0.4 is 10.6 Å². The average Bonchev–Trinajstić information content (AvgIpc) is 2.62. The van der Waals surface area contributed by atoms with Crippen molar-refractivity contribution in [3.05, 3.63) is 41.6 Å². The first-order valence-electron chi connectivity index (χ1n) is 8.63. The first-order chi connectivity index (χ1) is 12.4. The van der Waals surface area contributed by atoms with Crippen LogP contribution in [-0.2, 0) is 6.42 Å². The summed E-state index contributed by atoms with van der Waals surface area (Å²) in [7, 11) is 0. The standard InChI is InChI=1S/C19H23N5O2/c1-19(2)15(9-16(19)26)23-17-13(10-20)11-22-18(24-17)21-7-6-12-4-3-5-14(25)8-12/h3-5,8,11,15-16,25-26H,6-7,9H2,1-2H3,(H2,21,22,23,24)/t15-,16+/m1/s1. The van der Waals surface area contributed by atoms with Crippen LogP contribution in [0.1, 0.15) is 31.4 Å². The van der Waals surface area contributed by atoms with Gasteiger partial charge in [-0.2, -0.15) is 10.2 Å². The number of benzene rings is 1. The molecule has 1 aromatic carbocycles. The Morgan fingerprint density at radius 1 is 1.38 bits per heavy atom. The third-order valence-electron chi connectivity index (χ3n) is 5.04. The highest BCUT2D eigenvalue weighted by Crippen LogP contribution is 2.42. The Hall–Kier alpha value is -2.85. The van der Waals surface area contributed by atoms with E-state index in [1.165, 1.54) is 6.20 Å². The third-order valence-corrected chi connectivity index (χ3v) is 5.04. The van der Waals surface area contributed by atoms with Gasteiger partial charge in [0.05, 0.1) is 12.3 Å². The molecule has 1 fully saturated rings. The normalized spacial score (nSPS) is 20.7. The van der Waals surface area contributed by atoms with Gasteiger partial charge in [0.15, 0.2) is 0 Å². The number of hydrogen-bond donors (Lipinski definition) is 4. The number of aromatic nitrogens is 2. The maximum absolute atomic E-state index is 9.88.